The van der Waals surface area contributed by atoms with Crippen LogP contribution in [0.15, 0.2) is 23.1 Å². The standard InChI is InChI=1S/C19H31N3O3/c1-6-21-13-15(9-10-17(21)23)20-14(2)12-16-8-7-11-22(16)18(24)25-19(3,4)5/h9-10,13-14,16,20H,6-8,11-12H2,1-5H3. The smallest absolute Gasteiger partial charge is 0.410 e. The molecule has 0 aromatic carbocycles. The van der Waals surface area contributed by atoms with E-state index in [1.54, 1.807) is 10.6 Å². The molecule has 0 bridgehead atoms. The highest BCUT2D eigenvalue weighted by Gasteiger charge is 2.32. The summed E-state index contributed by atoms with van der Waals surface area (Å²) in [6.45, 7) is 11.1. The summed E-state index contributed by atoms with van der Waals surface area (Å²) in [6.07, 6.45) is 4.49. The van der Waals surface area contributed by atoms with Gasteiger partial charge in [-0.1, -0.05) is 0 Å². The average molecular weight is 349 g/mol. The number of anilines is 1. The van der Waals surface area contributed by atoms with Crippen LogP contribution in [0, 0.1) is 0 Å². The lowest BCUT2D eigenvalue weighted by Crippen LogP contribution is -2.41. The first-order chi connectivity index (χ1) is 11.7. The quantitative estimate of drug-likeness (QED) is 0.884. The molecule has 1 amide bonds. The number of ether oxygens (including phenoxy) is 1. The Morgan fingerprint density at radius 2 is 2.12 bits per heavy atom. The highest BCUT2D eigenvalue weighted by molar-refractivity contribution is 5.69. The third-order valence-electron chi connectivity index (χ3n) is 4.37. The summed E-state index contributed by atoms with van der Waals surface area (Å²) in [7, 11) is 0. The zero-order chi connectivity index (χ0) is 18.6. The van der Waals surface area contributed by atoms with Gasteiger partial charge in [0, 0.05) is 37.4 Å². The van der Waals surface area contributed by atoms with E-state index in [1.807, 2.05) is 44.9 Å². The molecule has 1 saturated heterocycles. The molecular weight excluding hydrogens is 318 g/mol. The Kier molecular flexibility index (Phi) is 6.14. The highest BCUT2D eigenvalue weighted by Crippen LogP contribution is 2.24. The normalized spacial score (nSPS) is 18.9. The first kappa shape index (κ1) is 19.3. The van der Waals surface area contributed by atoms with E-state index in [9.17, 15) is 9.59 Å². The van der Waals surface area contributed by atoms with Gasteiger partial charge in [-0.15, -0.1) is 0 Å². The second-order valence-corrected chi connectivity index (χ2v) is 7.79. The van der Waals surface area contributed by atoms with E-state index in [4.69, 9.17) is 4.74 Å². The number of carbonyl (C=O) groups is 1. The topological polar surface area (TPSA) is 63.6 Å². The lowest BCUT2D eigenvalue weighted by Gasteiger charge is -2.30. The van der Waals surface area contributed by atoms with Gasteiger partial charge in [0.05, 0.1) is 5.69 Å². The minimum atomic E-state index is -0.470. The van der Waals surface area contributed by atoms with Gasteiger partial charge in [-0.2, -0.15) is 0 Å². The molecule has 1 N–H and O–H groups in total. The monoisotopic (exact) mass is 349 g/mol. The maximum absolute atomic E-state index is 12.4. The molecule has 25 heavy (non-hydrogen) atoms. The maximum atomic E-state index is 12.4. The predicted molar refractivity (Wildman–Crippen MR) is 100 cm³/mol. The number of amides is 1. The molecule has 140 valence electrons. The molecule has 0 spiro atoms. The Labute approximate surface area is 150 Å². The van der Waals surface area contributed by atoms with Gasteiger partial charge in [0.2, 0.25) is 0 Å². The lowest BCUT2D eigenvalue weighted by molar-refractivity contribution is 0.0218. The number of carbonyl (C=O) groups excluding carboxylic acids is 1. The van der Waals surface area contributed by atoms with Crippen molar-refractivity contribution >= 4 is 11.8 Å². The molecule has 1 aliphatic rings. The molecule has 1 aromatic heterocycles. The number of pyridine rings is 1. The summed E-state index contributed by atoms with van der Waals surface area (Å²) in [5.41, 5.74) is 0.463. The largest absolute Gasteiger partial charge is 0.444 e. The van der Waals surface area contributed by atoms with Gasteiger partial charge < -0.3 is 19.5 Å². The van der Waals surface area contributed by atoms with Crippen LogP contribution in [0.25, 0.3) is 0 Å². The van der Waals surface area contributed by atoms with Crippen molar-refractivity contribution < 1.29 is 9.53 Å². The number of hydrogen-bond acceptors (Lipinski definition) is 4. The second-order valence-electron chi connectivity index (χ2n) is 7.79. The van der Waals surface area contributed by atoms with Crippen LogP contribution < -0.4 is 10.9 Å². The molecule has 2 rings (SSSR count). The van der Waals surface area contributed by atoms with E-state index in [0.29, 0.717) is 6.54 Å². The van der Waals surface area contributed by atoms with Crippen LogP contribution in [0.3, 0.4) is 0 Å². The highest BCUT2D eigenvalue weighted by atomic mass is 16.6. The Hall–Kier alpha value is -1.98. The minimum Gasteiger partial charge on any atom is -0.444 e. The Balaban J connectivity index is 1.96. The lowest BCUT2D eigenvalue weighted by atomic mass is 10.1. The van der Waals surface area contributed by atoms with E-state index in [1.165, 1.54) is 0 Å². The molecule has 2 heterocycles. The summed E-state index contributed by atoms with van der Waals surface area (Å²) in [6, 6.07) is 3.78. The fourth-order valence-corrected chi connectivity index (χ4v) is 3.26. The first-order valence-corrected chi connectivity index (χ1v) is 9.16. The fourth-order valence-electron chi connectivity index (χ4n) is 3.26. The van der Waals surface area contributed by atoms with Gasteiger partial charge in [-0.3, -0.25) is 4.79 Å². The Morgan fingerprint density at radius 3 is 2.76 bits per heavy atom. The van der Waals surface area contributed by atoms with Crippen molar-refractivity contribution in [1.82, 2.24) is 9.47 Å². The molecule has 6 heteroatoms. The average Bonchev–Trinajstić information content (AvgIpc) is 2.95. The minimum absolute atomic E-state index is 0.00703. The van der Waals surface area contributed by atoms with Gasteiger partial charge in [0.25, 0.3) is 5.56 Å². The van der Waals surface area contributed by atoms with Gasteiger partial charge in [0.1, 0.15) is 5.60 Å². The predicted octanol–water partition coefficient (Wildman–Crippen LogP) is 3.46. The number of nitrogens with zero attached hydrogens (tertiary/aromatic N) is 2. The van der Waals surface area contributed by atoms with Crippen LogP contribution >= 0.6 is 0 Å². The first-order valence-electron chi connectivity index (χ1n) is 9.16. The molecule has 1 aliphatic heterocycles. The number of aromatic nitrogens is 1. The van der Waals surface area contributed by atoms with E-state index in [2.05, 4.69) is 12.2 Å². The van der Waals surface area contributed by atoms with Crippen molar-refractivity contribution in [3.8, 4) is 0 Å². The summed E-state index contributed by atoms with van der Waals surface area (Å²) >= 11 is 0. The fraction of sp³-hybridized carbons (Fsp3) is 0.684. The second kappa shape index (κ2) is 7.93. The summed E-state index contributed by atoms with van der Waals surface area (Å²) in [5, 5.41) is 3.44. The molecule has 0 aliphatic carbocycles. The number of nitrogens with one attached hydrogen (secondary N) is 1. The van der Waals surface area contributed by atoms with Gasteiger partial charge in [0.15, 0.2) is 0 Å². The maximum Gasteiger partial charge on any atom is 0.410 e. The number of aryl methyl sites for hydroxylation is 1. The third-order valence-corrected chi connectivity index (χ3v) is 4.37. The van der Waals surface area contributed by atoms with Crippen LogP contribution in [0.4, 0.5) is 10.5 Å². The summed E-state index contributed by atoms with van der Waals surface area (Å²) in [5.74, 6) is 0. The van der Waals surface area contributed by atoms with Crippen molar-refractivity contribution in [1.29, 1.82) is 0 Å². The number of likely N-dealkylation sites (tertiary alicyclic amines) is 1. The summed E-state index contributed by atoms with van der Waals surface area (Å²) in [4.78, 5) is 25.9. The van der Waals surface area contributed by atoms with Gasteiger partial charge >= 0.3 is 6.09 Å². The van der Waals surface area contributed by atoms with Crippen LogP contribution in [-0.2, 0) is 11.3 Å². The molecule has 0 radical (unpaired) electrons. The van der Waals surface area contributed by atoms with Gasteiger partial charge in [-0.25, -0.2) is 4.79 Å². The molecule has 6 nitrogen and oxygen atoms in total. The van der Waals surface area contributed by atoms with Crippen molar-refractivity contribution in [2.45, 2.75) is 78.1 Å². The zero-order valence-corrected chi connectivity index (χ0v) is 16.0. The van der Waals surface area contributed by atoms with Crippen molar-refractivity contribution in [2.24, 2.45) is 0 Å². The van der Waals surface area contributed by atoms with Crippen LogP contribution in [0.1, 0.15) is 53.9 Å². The molecule has 0 saturated carbocycles. The van der Waals surface area contributed by atoms with E-state index in [0.717, 1.165) is 31.5 Å². The van der Waals surface area contributed by atoms with E-state index < -0.39 is 5.60 Å². The molecule has 2 atom stereocenters. The molecule has 1 aromatic rings. The van der Waals surface area contributed by atoms with E-state index in [-0.39, 0.29) is 23.7 Å². The third kappa shape index (κ3) is 5.51. The number of rotatable bonds is 5. The summed E-state index contributed by atoms with van der Waals surface area (Å²) < 4.78 is 7.20. The zero-order valence-electron chi connectivity index (χ0n) is 16.0. The molecular formula is C19H31N3O3. The van der Waals surface area contributed by atoms with Crippen LogP contribution in [-0.4, -0.2) is 39.8 Å². The Morgan fingerprint density at radius 1 is 1.40 bits per heavy atom. The SMILES string of the molecule is CCn1cc(NC(C)CC2CCCN2C(=O)OC(C)(C)C)ccc1=O. The molecule has 1 fully saturated rings. The van der Waals surface area contributed by atoms with E-state index >= 15 is 0 Å². The van der Waals surface area contributed by atoms with Gasteiger partial charge in [-0.05, 0) is 59.9 Å². The van der Waals surface area contributed by atoms with Crippen molar-refractivity contribution in [2.75, 3.05) is 11.9 Å². The number of hydrogen-bond donors (Lipinski definition) is 1. The Bertz CT molecular complexity index is 648. The van der Waals surface area contributed by atoms with Crippen molar-refractivity contribution in [3.63, 3.8) is 0 Å². The van der Waals surface area contributed by atoms with Crippen LogP contribution in [0.5, 0.6) is 0 Å². The van der Waals surface area contributed by atoms with Crippen LogP contribution in [0.2, 0.25) is 0 Å². The molecule has 2 unspecified atom stereocenters. The van der Waals surface area contributed by atoms with Crippen molar-refractivity contribution in [3.05, 3.63) is 28.7 Å².